The Morgan fingerprint density at radius 3 is 2.55 bits per heavy atom. The molecule has 0 fully saturated rings. The van der Waals surface area contributed by atoms with E-state index >= 15 is 0 Å². The number of hydrogen-bond acceptors (Lipinski definition) is 4. The van der Waals surface area contributed by atoms with E-state index < -0.39 is 10.0 Å². The van der Waals surface area contributed by atoms with Gasteiger partial charge in [0.25, 0.3) is 10.0 Å². The molecule has 0 aliphatic heterocycles. The number of rotatable bonds is 7. The molecule has 1 heterocycles. The van der Waals surface area contributed by atoms with Crippen LogP contribution in [0.5, 0.6) is 0 Å². The van der Waals surface area contributed by atoms with Crippen molar-refractivity contribution >= 4 is 27.2 Å². The van der Waals surface area contributed by atoms with Crippen LogP contribution in [0.3, 0.4) is 0 Å². The highest BCUT2D eigenvalue weighted by molar-refractivity contribution is 7.89. The first kappa shape index (κ1) is 17.1. The van der Waals surface area contributed by atoms with Gasteiger partial charge in [0.15, 0.2) is 5.03 Å². The van der Waals surface area contributed by atoms with Crippen molar-refractivity contribution < 1.29 is 8.42 Å². The third-order valence-corrected chi connectivity index (χ3v) is 5.43. The van der Waals surface area contributed by atoms with Crippen LogP contribution < -0.4 is 5.73 Å². The van der Waals surface area contributed by atoms with Gasteiger partial charge in [0.05, 0.1) is 4.99 Å². The number of thiocarbonyl (C=S) groups is 1. The van der Waals surface area contributed by atoms with Crippen molar-refractivity contribution in [1.29, 1.82) is 0 Å². The molecule has 1 rings (SSSR count). The molecule has 0 aliphatic carbocycles. The number of imidazole rings is 1. The lowest BCUT2D eigenvalue weighted by Gasteiger charge is -2.22. The van der Waals surface area contributed by atoms with Gasteiger partial charge >= 0.3 is 0 Å². The third-order valence-electron chi connectivity index (χ3n) is 3.21. The molecule has 0 saturated carbocycles. The maximum atomic E-state index is 12.6. The van der Waals surface area contributed by atoms with Gasteiger partial charge in [-0.3, -0.25) is 0 Å². The van der Waals surface area contributed by atoms with E-state index in [4.69, 9.17) is 18.0 Å². The molecule has 2 N–H and O–H groups in total. The first-order chi connectivity index (χ1) is 9.23. The number of nitrogens with two attached hydrogens (primary N) is 1. The molecule has 1 aromatic heterocycles. The van der Waals surface area contributed by atoms with E-state index in [1.807, 2.05) is 13.8 Å². The minimum Gasteiger partial charge on any atom is -0.393 e. The van der Waals surface area contributed by atoms with Crippen molar-refractivity contribution in [1.82, 2.24) is 13.9 Å². The second-order valence-corrected chi connectivity index (χ2v) is 7.03. The van der Waals surface area contributed by atoms with E-state index in [9.17, 15) is 8.42 Å². The number of aromatic nitrogens is 2. The average molecular weight is 318 g/mol. The molecule has 0 spiro atoms. The van der Waals surface area contributed by atoms with Gasteiger partial charge in [-0.2, -0.15) is 4.31 Å². The molecule has 0 saturated heterocycles. The highest BCUT2D eigenvalue weighted by Gasteiger charge is 2.28. The number of hydrogen-bond donors (Lipinski definition) is 1. The molecule has 0 amide bonds. The zero-order chi connectivity index (χ0) is 15.5. The number of sulfonamides is 1. The highest BCUT2D eigenvalue weighted by Crippen LogP contribution is 2.17. The Kier molecular flexibility index (Phi) is 5.67. The van der Waals surface area contributed by atoms with Crippen LogP contribution in [-0.4, -0.2) is 40.4 Å². The molecular formula is C12H22N4O2S2. The summed E-state index contributed by atoms with van der Waals surface area (Å²) >= 11 is 4.90. The van der Waals surface area contributed by atoms with Crippen molar-refractivity contribution in [3.63, 3.8) is 0 Å². The average Bonchev–Trinajstić information content (AvgIpc) is 2.77. The molecule has 6 nitrogen and oxygen atoms in total. The Morgan fingerprint density at radius 1 is 1.55 bits per heavy atom. The predicted molar refractivity (Wildman–Crippen MR) is 83.0 cm³/mol. The normalized spacial score (nSPS) is 13.7. The minimum atomic E-state index is -3.61. The molecule has 0 radical (unpaired) electrons. The van der Waals surface area contributed by atoms with E-state index in [2.05, 4.69) is 4.98 Å². The summed E-state index contributed by atoms with van der Waals surface area (Å²) in [5, 5.41) is 0.0776. The predicted octanol–water partition coefficient (Wildman–Crippen LogP) is 1.14. The Morgan fingerprint density at radius 2 is 2.15 bits per heavy atom. The van der Waals surface area contributed by atoms with Crippen LogP contribution in [0.4, 0.5) is 0 Å². The first-order valence-electron chi connectivity index (χ1n) is 6.57. The van der Waals surface area contributed by atoms with Crippen LogP contribution in [-0.2, 0) is 16.6 Å². The fraction of sp³-hybridized carbons (Fsp3) is 0.667. The summed E-state index contributed by atoms with van der Waals surface area (Å²) in [7, 11) is -3.61. The van der Waals surface area contributed by atoms with Crippen molar-refractivity contribution in [2.45, 2.75) is 39.3 Å². The molecule has 1 unspecified atom stereocenters. The van der Waals surface area contributed by atoms with E-state index in [1.165, 1.54) is 4.31 Å². The van der Waals surface area contributed by atoms with E-state index in [1.54, 1.807) is 24.6 Å². The summed E-state index contributed by atoms with van der Waals surface area (Å²) < 4.78 is 28.3. The SMILES string of the molecule is CCN(CC(C)C(N)=S)S(=O)(=O)c1cn(CC)c(C)n1. The van der Waals surface area contributed by atoms with E-state index in [-0.39, 0.29) is 17.5 Å². The molecule has 1 atom stereocenters. The van der Waals surface area contributed by atoms with Gasteiger partial charge in [-0.15, -0.1) is 0 Å². The zero-order valence-corrected chi connectivity index (χ0v) is 14.0. The van der Waals surface area contributed by atoms with Gasteiger partial charge < -0.3 is 10.3 Å². The Hall–Kier alpha value is -0.990. The Labute approximate surface area is 126 Å². The lowest BCUT2D eigenvalue weighted by molar-refractivity contribution is 0.403. The number of nitrogens with zero attached hydrogens (tertiary/aromatic N) is 3. The summed E-state index contributed by atoms with van der Waals surface area (Å²) in [6.07, 6.45) is 1.57. The summed E-state index contributed by atoms with van der Waals surface area (Å²) in [6, 6.07) is 0. The van der Waals surface area contributed by atoms with Crippen molar-refractivity contribution in [3.05, 3.63) is 12.0 Å². The van der Waals surface area contributed by atoms with Crippen LogP contribution in [0.2, 0.25) is 0 Å². The van der Waals surface area contributed by atoms with Gasteiger partial charge in [-0.05, 0) is 13.8 Å². The molecule has 0 aliphatic rings. The molecule has 20 heavy (non-hydrogen) atoms. The summed E-state index contributed by atoms with van der Waals surface area (Å²) in [5.41, 5.74) is 5.56. The standard InChI is InChI=1S/C12H22N4O2S2/c1-5-15-8-11(14-10(15)4)20(17,18)16(6-2)7-9(3)12(13)19/h8-9H,5-7H2,1-4H3,(H2,13,19). The fourth-order valence-electron chi connectivity index (χ4n) is 1.85. The molecule has 0 aromatic carbocycles. The topological polar surface area (TPSA) is 81.2 Å². The van der Waals surface area contributed by atoms with Crippen LogP contribution in [0.25, 0.3) is 0 Å². The van der Waals surface area contributed by atoms with Crippen LogP contribution >= 0.6 is 12.2 Å². The molecule has 8 heteroatoms. The van der Waals surface area contributed by atoms with Crippen molar-refractivity contribution in [3.8, 4) is 0 Å². The largest absolute Gasteiger partial charge is 0.393 e. The molecule has 0 bridgehead atoms. The summed E-state index contributed by atoms with van der Waals surface area (Å²) in [4.78, 5) is 4.46. The summed E-state index contributed by atoms with van der Waals surface area (Å²) in [6.45, 7) is 8.64. The fourth-order valence-corrected chi connectivity index (χ4v) is 3.46. The van der Waals surface area contributed by atoms with Gasteiger partial charge in [0.2, 0.25) is 0 Å². The smallest absolute Gasteiger partial charge is 0.262 e. The van der Waals surface area contributed by atoms with Gasteiger partial charge in [0.1, 0.15) is 5.82 Å². The maximum Gasteiger partial charge on any atom is 0.262 e. The Bertz CT molecular complexity index is 580. The lowest BCUT2D eigenvalue weighted by atomic mass is 10.2. The van der Waals surface area contributed by atoms with Crippen molar-refractivity contribution in [2.24, 2.45) is 11.7 Å². The quantitative estimate of drug-likeness (QED) is 0.763. The second-order valence-electron chi connectivity index (χ2n) is 4.67. The maximum absolute atomic E-state index is 12.6. The van der Waals surface area contributed by atoms with Gasteiger partial charge in [-0.25, -0.2) is 13.4 Å². The second kappa shape index (κ2) is 6.64. The van der Waals surface area contributed by atoms with E-state index in [0.29, 0.717) is 23.9 Å². The highest BCUT2D eigenvalue weighted by atomic mass is 32.2. The Balaban J connectivity index is 3.08. The molecular weight excluding hydrogens is 296 g/mol. The minimum absolute atomic E-state index is 0.0776. The van der Waals surface area contributed by atoms with Crippen LogP contribution in [0.1, 0.15) is 26.6 Å². The zero-order valence-electron chi connectivity index (χ0n) is 12.3. The molecule has 114 valence electrons. The third kappa shape index (κ3) is 3.56. The number of aryl methyl sites for hydroxylation is 2. The molecule has 1 aromatic rings. The van der Waals surface area contributed by atoms with Crippen LogP contribution in [0.15, 0.2) is 11.2 Å². The van der Waals surface area contributed by atoms with Gasteiger partial charge in [-0.1, -0.05) is 26.1 Å². The van der Waals surface area contributed by atoms with Gasteiger partial charge in [0, 0.05) is 31.7 Å². The monoisotopic (exact) mass is 318 g/mol. The first-order valence-corrected chi connectivity index (χ1v) is 8.42. The van der Waals surface area contributed by atoms with Crippen LogP contribution in [0, 0.1) is 12.8 Å². The summed E-state index contributed by atoms with van der Waals surface area (Å²) in [5.74, 6) is 0.513. The van der Waals surface area contributed by atoms with E-state index in [0.717, 1.165) is 0 Å². The lowest BCUT2D eigenvalue weighted by Crippen LogP contribution is -2.38. The van der Waals surface area contributed by atoms with Crippen molar-refractivity contribution in [2.75, 3.05) is 13.1 Å².